The Labute approximate surface area is 104 Å². The van der Waals surface area contributed by atoms with E-state index in [-0.39, 0.29) is 18.0 Å². The molecule has 0 radical (unpaired) electrons. The van der Waals surface area contributed by atoms with Crippen LogP contribution in [0.2, 0.25) is 0 Å². The number of hydrogen-bond acceptors (Lipinski definition) is 4. The van der Waals surface area contributed by atoms with Crippen LogP contribution >= 0.6 is 0 Å². The molecule has 18 heavy (non-hydrogen) atoms. The summed E-state index contributed by atoms with van der Waals surface area (Å²) in [6.45, 7) is 2.27. The number of nitro benzene ring substituents is 1. The summed E-state index contributed by atoms with van der Waals surface area (Å²) in [5.41, 5.74) is 1.36. The molecule has 0 saturated carbocycles. The van der Waals surface area contributed by atoms with E-state index in [0.29, 0.717) is 18.7 Å². The summed E-state index contributed by atoms with van der Waals surface area (Å²) < 4.78 is 0. The SMILES string of the molecule is Cc1c(CN2CC(O)CC2=O)cccc1[N+](=O)[O-]. The molecule has 0 aromatic heterocycles. The van der Waals surface area contributed by atoms with Gasteiger partial charge in [-0.05, 0) is 12.5 Å². The minimum atomic E-state index is -0.628. The predicted octanol–water partition coefficient (Wildman–Crippen LogP) is 0.996. The molecule has 6 heteroatoms. The van der Waals surface area contributed by atoms with Crippen molar-refractivity contribution in [3.8, 4) is 0 Å². The van der Waals surface area contributed by atoms with Crippen molar-refractivity contribution in [1.82, 2.24) is 4.90 Å². The van der Waals surface area contributed by atoms with Crippen LogP contribution in [-0.4, -0.2) is 33.5 Å². The summed E-state index contributed by atoms with van der Waals surface area (Å²) in [5.74, 6) is -0.117. The van der Waals surface area contributed by atoms with Gasteiger partial charge in [-0.3, -0.25) is 14.9 Å². The van der Waals surface area contributed by atoms with E-state index in [1.54, 1.807) is 19.1 Å². The van der Waals surface area contributed by atoms with E-state index in [2.05, 4.69) is 0 Å². The van der Waals surface area contributed by atoms with Crippen molar-refractivity contribution in [2.75, 3.05) is 6.54 Å². The third-order valence-electron chi connectivity index (χ3n) is 3.17. The Kier molecular flexibility index (Phi) is 3.29. The first-order valence-corrected chi connectivity index (χ1v) is 5.67. The van der Waals surface area contributed by atoms with Crippen LogP contribution in [0.4, 0.5) is 5.69 Å². The zero-order valence-corrected chi connectivity index (χ0v) is 10.00. The lowest BCUT2D eigenvalue weighted by Gasteiger charge is -2.17. The molecular weight excluding hydrogens is 236 g/mol. The summed E-state index contributed by atoms with van der Waals surface area (Å²) >= 11 is 0. The maximum Gasteiger partial charge on any atom is 0.272 e. The Morgan fingerprint density at radius 2 is 2.28 bits per heavy atom. The van der Waals surface area contributed by atoms with E-state index in [1.165, 1.54) is 11.0 Å². The second kappa shape index (κ2) is 4.73. The van der Waals surface area contributed by atoms with Crippen molar-refractivity contribution < 1.29 is 14.8 Å². The molecule has 1 amide bonds. The van der Waals surface area contributed by atoms with E-state index in [0.717, 1.165) is 5.56 Å². The molecule has 0 spiro atoms. The summed E-state index contributed by atoms with van der Waals surface area (Å²) in [6.07, 6.45) is -0.495. The number of nitro groups is 1. The number of benzene rings is 1. The number of hydrogen-bond donors (Lipinski definition) is 1. The highest BCUT2D eigenvalue weighted by Gasteiger charge is 2.28. The second-order valence-corrected chi connectivity index (χ2v) is 4.45. The zero-order chi connectivity index (χ0) is 13.3. The van der Waals surface area contributed by atoms with Crippen molar-refractivity contribution in [2.24, 2.45) is 0 Å². The molecule has 6 nitrogen and oxygen atoms in total. The molecule has 1 aromatic rings. The number of rotatable bonds is 3. The Hall–Kier alpha value is -1.95. The predicted molar refractivity (Wildman–Crippen MR) is 63.9 cm³/mol. The number of aliphatic hydroxyl groups excluding tert-OH is 1. The highest BCUT2D eigenvalue weighted by atomic mass is 16.6. The average molecular weight is 250 g/mol. The number of likely N-dealkylation sites (tertiary alicyclic amines) is 1. The molecule has 0 aliphatic carbocycles. The van der Waals surface area contributed by atoms with Crippen LogP contribution in [0.1, 0.15) is 17.5 Å². The van der Waals surface area contributed by atoms with Crippen molar-refractivity contribution in [1.29, 1.82) is 0 Å². The minimum Gasteiger partial charge on any atom is -0.391 e. The van der Waals surface area contributed by atoms with E-state index in [9.17, 15) is 20.0 Å². The van der Waals surface area contributed by atoms with Gasteiger partial charge in [0.2, 0.25) is 5.91 Å². The Morgan fingerprint density at radius 1 is 1.56 bits per heavy atom. The van der Waals surface area contributed by atoms with E-state index < -0.39 is 11.0 Å². The normalized spacial score (nSPS) is 19.3. The molecule has 96 valence electrons. The summed E-state index contributed by atoms with van der Waals surface area (Å²) in [4.78, 5) is 23.5. The fourth-order valence-electron chi connectivity index (χ4n) is 2.15. The van der Waals surface area contributed by atoms with Gasteiger partial charge in [-0.1, -0.05) is 12.1 Å². The number of nitrogens with zero attached hydrogens (tertiary/aromatic N) is 2. The van der Waals surface area contributed by atoms with Gasteiger partial charge in [0.15, 0.2) is 0 Å². The maximum absolute atomic E-state index is 11.6. The monoisotopic (exact) mass is 250 g/mol. The Morgan fingerprint density at radius 3 is 2.83 bits per heavy atom. The van der Waals surface area contributed by atoms with Gasteiger partial charge in [0.1, 0.15) is 0 Å². The zero-order valence-electron chi connectivity index (χ0n) is 10.00. The van der Waals surface area contributed by atoms with Crippen LogP contribution in [0.25, 0.3) is 0 Å². The van der Waals surface area contributed by atoms with Gasteiger partial charge in [-0.2, -0.15) is 0 Å². The average Bonchev–Trinajstić information content (AvgIpc) is 2.60. The second-order valence-electron chi connectivity index (χ2n) is 4.45. The highest BCUT2D eigenvalue weighted by Crippen LogP contribution is 2.23. The van der Waals surface area contributed by atoms with E-state index in [1.807, 2.05) is 0 Å². The van der Waals surface area contributed by atoms with Crippen LogP contribution < -0.4 is 0 Å². The largest absolute Gasteiger partial charge is 0.391 e. The van der Waals surface area contributed by atoms with Gasteiger partial charge >= 0.3 is 0 Å². The minimum absolute atomic E-state index is 0.0553. The lowest BCUT2D eigenvalue weighted by Crippen LogP contribution is -2.25. The van der Waals surface area contributed by atoms with E-state index >= 15 is 0 Å². The van der Waals surface area contributed by atoms with Crippen LogP contribution in [0, 0.1) is 17.0 Å². The Bertz CT molecular complexity index is 501. The molecule has 1 N–H and O–H groups in total. The molecule has 1 aliphatic rings. The molecule has 1 fully saturated rings. The van der Waals surface area contributed by atoms with E-state index in [4.69, 9.17) is 0 Å². The maximum atomic E-state index is 11.6. The molecule has 0 bridgehead atoms. The fraction of sp³-hybridized carbons (Fsp3) is 0.417. The topological polar surface area (TPSA) is 83.7 Å². The summed E-state index contributed by atoms with van der Waals surface area (Å²) in [6, 6.07) is 4.82. The molecule has 1 atom stereocenters. The molecular formula is C12H14N2O4. The number of aliphatic hydroxyl groups is 1. The first-order valence-electron chi connectivity index (χ1n) is 5.67. The standard InChI is InChI=1S/C12H14N2O4/c1-8-9(3-2-4-11(8)14(17)18)6-13-7-10(15)5-12(13)16/h2-4,10,15H,5-7H2,1H3. The quantitative estimate of drug-likeness (QED) is 0.640. The first kappa shape index (κ1) is 12.5. The summed E-state index contributed by atoms with van der Waals surface area (Å²) in [5, 5.41) is 20.2. The molecule has 1 aromatic carbocycles. The van der Waals surface area contributed by atoms with Gasteiger partial charge in [-0.15, -0.1) is 0 Å². The third kappa shape index (κ3) is 2.33. The van der Waals surface area contributed by atoms with Crippen molar-refractivity contribution in [3.63, 3.8) is 0 Å². The van der Waals surface area contributed by atoms with Crippen LogP contribution in [0.15, 0.2) is 18.2 Å². The van der Waals surface area contributed by atoms with Crippen molar-refractivity contribution >= 4 is 11.6 Å². The smallest absolute Gasteiger partial charge is 0.272 e. The van der Waals surface area contributed by atoms with Gasteiger partial charge < -0.3 is 10.0 Å². The number of amides is 1. The molecule has 2 rings (SSSR count). The Balaban J connectivity index is 2.22. The van der Waals surface area contributed by atoms with Gasteiger partial charge in [0.25, 0.3) is 5.69 Å². The highest BCUT2D eigenvalue weighted by molar-refractivity contribution is 5.79. The molecule has 1 heterocycles. The number of β-amino-alcohol motifs (C(OH)–C–C–N with tert-alkyl or cyclic N) is 1. The van der Waals surface area contributed by atoms with Gasteiger partial charge in [-0.25, -0.2) is 0 Å². The fourth-order valence-corrected chi connectivity index (χ4v) is 2.15. The lowest BCUT2D eigenvalue weighted by atomic mass is 10.1. The molecule has 1 saturated heterocycles. The van der Waals surface area contributed by atoms with Crippen molar-refractivity contribution in [2.45, 2.75) is 26.0 Å². The number of carbonyl (C=O) groups excluding carboxylic acids is 1. The van der Waals surface area contributed by atoms with Crippen LogP contribution in [0.3, 0.4) is 0 Å². The van der Waals surface area contributed by atoms with Crippen molar-refractivity contribution in [3.05, 3.63) is 39.4 Å². The van der Waals surface area contributed by atoms with Crippen LogP contribution in [0.5, 0.6) is 0 Å². The first-order chi connectivity index (χ1) is 8.49. The van der Waals surface area contributed by atoms with Gasteiger partial charge in [0.05, 0.1) is 17.4 Å². The lowest BCUT2D eigenvalue weighted by molar-refractivity contribution is -0.385. The van der Waals surface area contributed by atoms with Crippen LogP contribution in [-0.2, 0) is 11.3 Å². The third-order valence-corrected chi connectivity index (χ3v) is 3.17. The number of carbonyl (C=O) groups is 1. The summed E-state index contributed by atoms with van der Waals surface area (Å²) in [7, 11) is 0. The molecule has 1 unspecified atom stereocenters. The van der Waals surface area contributed by atoms with Gasteiger partial charge in [0, 0.05) is 24.7 Å². The molecule has 1 aliphatic heterocycles.